The summed E-state index contributed by atoms with van der Waals surface area (Å²) >= 11 is 3.76. The molecule has 0 spiro atoms. The quantitative estimate of drug-likeness (QED) is 0.230. The summed E-state index contributed by atoms with van der Waals surface area (Å²) in [5.74, 6) is 0. The fourth-order valence-electron chi connectivity index (χ4n) is 5.59. The molecule has 0 fully saturated rings. The van der Waals surface area contributed by atoms with Crippen LogP contribution in [0.25, 0.3) is 51.1 Å². The largest absolute Gasteiger partial charge is 0.309 e. The van der Waals surface area contributed by atoms with Crippen molar-refractivity contribution in [2.45, 2.75) is 0 Å². The van der Waals surface area contributed by atoms with Crippen molar-refractivity contribution < 1.29 is 0 Å². The lowest BCUT2D eigenvalue weighted by Gasteiger charge is -2.26. The minimum atomic E-state index is 1.16. The molecule has 8 rings (SSSR count). The van der Waals surface area contributed by atoms with Crippen LogP contribution in [0.1, 0.15) is 0 Å². The molecule has 0 N–H and O–H groups in total. The zero-order valence-corrected chi connectivity index (χ0v) is 21.5. The summed E-state index contributed by atoms with van der Waals surface area (Å²) in [6.07, 6.45) is 0. The lowest BCUT2D eigenvalue weighted by atomic mass is 10.0. The summed E-state index contributed by atoms with van der Waals surface area (Å²) < 4.78 is 5.29. The second-order valence-corrected chi connectivity index (χ2v) is 11.5. The van der Waals surface area contributed by atoms with E-state index in [2.05, 4.69) is 132 Å². The molecule has 3 heteroatoms. The summed E-state index contributed by atoms with van der Waals surface area (Å²) in [7, 11) is 0. The summed E-state index contributed by atoms with van der Waals surface area (Å²) in [5.41, 5.74) is 3.56. The van der Waals surface area contributed by atoms with Gasteiger partial charge in [0, 0.05) is 47.0 Å². The topological polar surface area (TPSA) is 3.24 Å². The first-order chi connectivity index (χ1) is 18.3. The van der Waals surface area contributed by atoms with Gasteiger partial charge in [0.2, 0.25) is 0 Å². The third-order valence-electron chi connectivity index (χ3n) is 7.24. The van der Waals surface area contributed by atoms with Crippen LogP contribution in [0, 0.1) is 0 Å². The fourth-order valence-corrected chi connectivity index (χ4v) is 7.95. The van der Waals surface area contributed by atoms with E-state index in [-0.39, 0.29) is 0 Å². The maximum Gasteiger partial charge on any atom is 0.0640 e. The molecule has 37 heavy (non-hydrogen) atoms. The van der Waals surface area contributed by atoms with Crippen molar-refractivity contribution in [1.82, 2.24) is 0 Å². The van der Waals surface area contributed by atoms with Gasteiger partial charge in [-0.15, -0.1) is 22.7 Å². The molecular formula is C34H21NS2. The van der Waals surface area contributed by atoms with Gasteiger partial charge in [0.15, 0.2) is 0 Å². The number of rotatable bonds is 3. The SMILES string of the molecule is c1ccc(N(c2ccc3c(c2)sc2ccccc23)c2cccc3c2sc2ccc4ccccc4c23)cc1. The van der Waals surface area contributed by atoms with Gasteiger partial charge in [-0.2, -0.15) is 0 Å². The van der Waals surface area contributed by atoms with Crippen molar-refractivity contribution in [1.29, 1.82) is 0 Å². The molecule has 0 saturated carbocycles. The first-order valence-corrected chi connectivity index (χ1v) is 14.1. The van der Waals surface area contributed by atoms with Crippen molar-refractivity contribution >= 4 is 90.9 Å². The standard InChI is InChI=1S/C34H21NS2/c1-2-10-23(11-3-1)35(24-18-19-27-26-13-6-7-16-30(26)36-32(27)21-24)29-15-8-14-28-33-25-12-5-4-9-22(25)17-20-31(33)37-34(28)29/h1-21H. The summed E-state index contributed by atoms with van der Waals surface area (Å²) in [6, 6.07) is 46.4. The Bertz CT molecular complexity index is 2100. The highest BCUT2D eigenvalue weighted by atomic mass is 32.1. The predicted molar refractivity (Wildman–Crippen MR) is 164 cm³/mol. The van der Waals surface area contributed by atoms with Gasteiger partial charge in [-0.1, -0.05) is 84.9 Å². The van der Waals surface area contributed by atoms with Gasteiger partial charge in [0.05, 0.1) is 10.4 Å². The monoisotopic (exact) mass is 507 g/mol. The van der Waals surface area contributed by atoms with Gasteiger partial charge >= 0.3 is 0 Å². The van der Waals surface area contributed by atoms with E-state index in [0.29, 0.717) is 0 Å². The smallest absolute Gasteiger partial charge is 0.0640 e. The van der Waals surface area contributed by atoms with Gasteiger partial charge in [-0.3, -0.25) is 0 Å². The Balaban J connectivity index is 1.42. The van der Waals surface area contributed by atoms with E-state index >= 15 is 0 Å². The zero-order chi connectivity index (χ0) is 24.3. The van der Waals surface area contributed by atoms with Crippen LogP contribution in [-0.2, 0) is 0 Å². The number of para-hydroxylation sites is 1. The average molecular weight is 508 g/mol. The van der Waals surface area contributed by atoms with Gasteiger partial charge in [-0.25, -0.2) is 0 Å². The Morgan fingerprint density at radius 2 is 1.19 bits per heavy atom. The minimum Gasteiger partial charge on any atom is -0.309 e. The number of nitrogens with zero attached hydrogens (tertiary/aromatic N) is 1. The molecule has 0 amide bonds. The molecule has 0 aliphatic rings. The second-order valence-electron chi connectivity index (χ2n) is 9.37. The van der Waals surface area contributed by atoms with Gasteiger partial charge in [-0.05, 0) is 53.2 Å². The molecular weight excluding hydrogens is 487 g/mol. The zero-order valence-electron chi connectivity index (χ0n) is 19.9. The number of hydrogen-bond donors (Lipinski definition) is 0. The Morgan fingerprint density at radius 1 is 0.432 bits per heavy atom. The molecule has 6 aromatic carbocycles. The lowest BCUT2D eigenvalue weighted by Crippen LogP contribution is -2.09. The Morgan fingerprint density at radius 3 is 2.11 bits per heavy atom. The van der Waals surface area contributed by atoms with Crippen LogP contribution in [0.5, 0.6) is 0 Å². The number of benzene rings is 6. The van der Waals surface area contributed by atoms with Crippen molar-refractivity contribution in [2.75, 3.05) is 4.90 Å². The van der Waals surface area contributed by atoms with Gasteiger partial charge in [0.25, 0.3) is 0 Å². The van der Waals surface area contributed by atoms with Crippen molar-refractivity contribution in [2.24, 2.45) is 0 Å². The molecule has 0 saturated heterocycles. The summed E-state index contributed by atoms with van der Waals surface area (Å²) in [5, 5.41) is 7.94. The molecule has 0 unspecified atom stereocenters. The lowest BCUT2D eigenvalue weighted by molar-refractivity contribution is 1.31. The van der Waals surface area contributed by atoms with Crippen LogP contribution in [0.3, 0.4) is 0 Å². The molecule has 1 nitrogen and oxygen atoms in total. The highest BCUT2D eigenvalue weighted by molar-refractivity contribution is 7.26. The van der Waals surface area contributed by atoms with Crippen molar-refractivity contribution in [3.8, 4) is 0 Å². The number of fused-ring (bicyclic) bond motifs is 8. The number of anilines is 3. The highest BCUT2D eigenvalue weighted by Crippen LogP contribution is 2.47. The molecule has 2 heterocycles. The molecule has 0 aliphatic carbocycles. The Kier molecular flexibility index (Phi) is 4.63. The molecule has 8 aromatic rings. The van der Waals surface area contributed by atoms with Crippen molar-refractivity contribution in [3.63, 3.8) is 0 Å². The third kappa shape index (κ3) is 3.21. The van der Waals surface area contributed by atoms with E-state index in [0.717, 1.165) is 5.69 Å². The van der Waals surface area contributed by atoms with Crippen LogP contribution >= 0.6 is 22.7 Å². The van der Waals surface area contributed by atoms with E-state index in [1.165, 1.54) is 62.5 Å². The maximum atomic E-state index is 2.42. The molecule has 0 radical (unpaired) electrons. The number of thiophene rings is 2. The molecule has 174 valence electrons. The van der Waals surface area contributed by atoms with Crippen LogP contribution < -0.4 is 4.90 Å². The molecule has 0 atom stereocenters. The average Bonchev–Trinajstić information content (AvgIpc) is 3.52. The van der Waals surface area contributed by atoms with E-state index < -0.39 is 0 Å². The third-order valence-corrected chi connectivity index (χ3v) is 9.57. The second kappa shape index (κ2) is 8.17. The fraction of sp³-hybridized carbons (Fsp3) is 0. The van der Waals surface area contributed by atoms with Crippen LogP contribution in [0.2, 0.25) is 0 Å². The van der Waals surface area contributed by atoms with E-state index in [1.807, 2.05) is 22.7 Å². The highest BCUT2D eigenvalue weighted by Gasteiger charge is 2.19. The first-order valence-electron chi connectivity index (χ1n) is 12.4. The Labute approximate surface area is 222 Å². The molecule has 2 aromatic heterocycles. The first kappa shape index (κ1) is 21.0. The maximum absolute atomic E-state index is 2.42. The predicted octanol–water partition coefficient (Wildman–Crippen LogP) is 11.0. The number of hydrogen-bond acceptors (Lipinski definition) is 3. The normalized spacial score (nSPS) is 11.8. The summed E-state index contributed by atoms with van der Waals surface area (Å²) in [4.78, 5) is 2.42. The molecule has 0 bridgehead atoms. The molecule has 0 aliphatic heterocycles. The van der Waals surface area contributed by atoms with Crippen LogP contribution in [0.4, 0.5) is 17.1 Å². The minimum absolute atomic E-state index is 1.16. The summed E-state index contributed by atoms with van der Waals surface area (Å²) in [6.45, 7) is 0. The Hall–Kier alpha value is -4.18. The van der Waals surface area contributed by atoms with Crippen molar-refractivity contribution in [3.05, 3.63) is 127 Å². The van der Waals surface area contributed by atoms with E-state index in [1.54, 1.807) is 0 Å². The van der Waals surface area contributed by atoms with E-state index in [9.17, 15) is 0 Å². The van der Waals surface area contributed by atoms with Crippen LogP contribution in [-0.4, -0.2) is 0 Å². The van der Waals surface area contributed by atoms with Crippen LogP contribution in [0.15, 0.2) is 127 Å². The van der Waals surface area contributed by atoms with Gasteiger partial charge < -0.3 is 4.90 Å². The van der Waals surface area contributed by atoms with Gasteiger partial charge in [0.1, 0.15) is 0 Å². The van der Waals surface area contributed by atoms with E-state index in [4.69, 9.17) is 0 Å².